The number of nitriles is 1. The molecular formula is C11H11N3. The van der Waals surface area contributed by atoms with Crippen LogP contribution in [0.5, 0.6) is 0 Å². The largest absolute Gasteiger partial charge is 0.368 e. The SMILES string of the molecule is CC#CCCNc1ncccc1C#N. The average molecular weight is 185 g/mol. The van der Waals surface area contributed by atoms with E-state index in [1.54, 1.807) is 18.3 Å². The van der Waals surface area contributed by atoms with E-state index in [-0.39, 0.29) is 0 Å². The fourth-order valence-electron chi connectivity index (χ4n) is 1.00. The first-order valence-electron chi connectivity index (χ1n) is 4.37. The molecule has 3 heteroatoms. The third-order valence-electron chi connectivity index (χ3n) is 1.65. The van der Waals surface area contributed by atoms with Gasteiger partial charge in [0.2, 0.25) is 0 Å². The Balaban J connectivity index is 2.57. The Kier molecular flexibility index (Phi) is 4.04. The van der Waals surface area contributed by atoms with E-state index in [1.807, 2.05) is 6.92 Å². The van der Waals surface area contributed by atoms with Crippen molar-refractivity contribution in [1.82, 2.24) is 4.98 Å². The molecule has 0 aliphatic heterocycles. The van der Waals surface area contributed by atoms with Crippen molar-refractivity contribution in [1.29, 1.82) is 5.26 Å². The monoisotopic (exact) mass is 185 g/mol. The Morgan fingerprint density at radius 1 is 1.57 bits per heavy atom. The number of hydrogen-bond donors (Lipinski definition) is 1. The van der Waals surface area contributed by atoms with E-state index in [9.17, 15) is 0 Å². The summed E-state index contributed by atoms with van der Waals surface area (Å²) in [6.45, 7) is 2.52. The zero-order valence-corrected chi connectivity index (χ0v) is 8.04. The first kappa shape index (κ1) is 10.1. The summed E-state index contributed by atoms with van der Waals surface area (Å²) >= 11 is 0. The molecule has 1 heterocycles. The van der Waals surface area contributed by atoms with Crippen molar-refractivity contribution < 1.29 is 0 Å². The Labute approximate surface area is 83.8 Å². The van der Waals surface area contributed by atoms with Crippen molar-refractivity contribution in [3.63, 3.8) is 0 Å². The van der Waals surface area contributed by atoms with Crippen molar-refractivity contribution in [3.05, 3.63) is 23.9 Å². The molecule has 0 spiro atoms. The molecule has 0 aliphatic carbocycles. The number of rotatable bonds is 3. The first-order chi connectivity index (χ1) is 6.88. The minimum atomic E-state index is 0.567. The Morgan fingerprint density at radius 3 is 3.14 bits per heavy atom. The zero-order valence-electron chi connectivity index (χ0n) is 8.04. The predicted molar refractivity (Wildman–Crippen MR) is 55.5 cm³/mol. The first-order valence-corrected chi connectivity index (χ1v) is 4.37. The van der Waals surface area contributed by atoms with Gasteiger partial charge in [0.05, 0.1) is 5.56 Å². The summed E-state index contributed by atoms with van der Waals surface area (Å²) in [6.07, 6.45) is 2.42. The van der Waals surface area contributed by atoms with Crippen LogP contribution in [0.3, 0.4) is 0 Å². The lowest BCUT2D eigenvalue weighted by Gasteiger charge is -2.03. The molecule has 70 valence electrons. The van der Waals surface area contributed by atoms with Gasteiger partial charge in [0.15, 0.2) is 0 Å². The third kappa shape index (κ3) is 2.80. The summed E-state index contributed by atoms with van der Waals surface area (Å²) in [5.41, 5.74) is 0.567. The molecule has 14 heavy (non-hydrogen) atoms. The molecule has 1 rings (SSSR count). The average Bonchev–Trinajstić information content (AvgIpc) is 2.25. The van der Waals surface area contributed by atoms with Gasteiger partial charge in [-0.05, 0) is 19.1 Å². The van der Waals surface area contributed by atoms with Crippen molar-refractivity contribution >= 4 is 5.82 Å². The van der Waals surface area contributed by atoms with Crippen LogP contribution < -0.4 is 5.32 Å². The van der Waals surface area contributed by atoms with Crippen LogP contribution >= 0.6 is 0 Å². The van der Waals surface area contributed by atoms with Gasteiger partial charge in [-0.25, -0.2) is 4.98 Å². The summed E-state index contributed by atoms with van der Waals surface area (Å²) < 4.78 is 0. The Hall–Kier alpha value is -2.00. The van der Waals surface area contributed by atoms with E-state index >= 15 is 0 Å². The highest BCUT2D eigenvalue weighted by molar-refractivity contribution is 5.51. The number of hydrogen-bond acceptors (Lipinski definition) is 3. The molecule has 0 saturated heterocycles. The van der Waals surface area contributed by atoms with Crippen LogP contribution in [0.15, 0.2) is 18.3 Å². The molecular weight excluding hydrogens is 174 g/mol. The predicted octanol–water partition coefficient (Wildman–Crippen LogP) is 1.78. The summed E-state index contributed by atoms with van der Waals surface area (Å²) in [6, 6.07) is 5.56. The number of aromatic nitrogens is 1. The molecule has 0 bridgehead atoms. The van der Waals surface area contributed by atoms with Gasteiger partial charge in [0.25, 0.3) is 0 Å². The topological polar surface area (TPSA) is 48.7 Å². The summed E-state index contributed by atoms with van der Waals surface area (Å²) in [5, 5.41) is 11.8. The zero-order chi connectivity index (χ0) is 10.2. The number of anilines is 1. The normalized spacial score (nSPS) is 8.29. The smallest absolute Gasteiger partial charge is 0.143 e. The van der Waals surface area contributed by atoms with Gasteiger partial charge >= 0.3 is 0 Å². The number of nitrogens with zero attached hydrogens (tertiary/aromatic N) is 2. The highest BCUT2D eigenvalue weighted by atomic mass is 15.0. The Bertz CT molecular complexity index is 393. The fraction of sp³-hybridized carbons (Fsp3) is 0.273. The number of nitrogens with one attached hydrogen (secondary N) is 1. The lowest BCUT2D eigenvalue weighted by atomic mass is 10.3. The van der Waals surface area contributed by atoms with E-state index in [0.717, 1.165) is 6.42 Å². The summed E-state index contributed by atoms with van der Waals surface area (Å²) in [4.78, 5) is 4.07. The van der Waals surface area contributed by atoms with Crippen LogP contribution in [0.4, 0.5) is 5.82 Å². The van der Waals surface area contributed by atoms with Gasteiger partial charge in [-0.1, -0.05) is 0 Å². The van der Waals surface area contributed by atoms with Crippen LogP contribution in [0.25, 0.3) is 0 Å². The molecule has 0 atom stereocenters. The molecule has 3 nitrogen and oxygen atoms in total. The quantitative estimate of drug-likeness (QED) is 0.576. The minimum Gasteiger partial charge on any atom is -0.368 e. The second-order valence-corrected chi connectivity index (χ2v) is 2.61. The Morgan fingerprint density at radius 2 is 2.43 bits per heavy atom. The van der Waals surface area contributed by atoms with E-state index in [0.29, 0.717) is 17.9 Å². The minimum absolute atomic E-state index is 0.567. The molecule has 0 radical (unpaired) electrons. The third-order valence-corrected chi connectivity index (χ3v) is 1.65. The van der Waals surface area contributed by atoms with E-state index < -0.39 is 0 Å². The van der Waals surface area contributed by atoms with Crippen molar-refractivity contribution in [2.75, 3.05) is 11.9 Å². The lowest BCUT2D eigenvalue weighted by molar-refractivity contribution is 1.07. The highest BCUT2D eigenvalue weighted by Crippen LogP contribution is 2.08. The molecule has 1 aromatic heterocycles. The van der Waals surface area contributed by atoms with Gasteiger partial charge in [-0.3, -0.25) is 0 Å². The van der Waals surface area contributed by atoms with Gasteiger partial charge in [0, 0.05) is 19.2 Å². The van der Waals surface area contributed by atoms with Gasteiger partial charge in [-0.15, -0.1) is 11.8 Å². The van der Waals surface area contributed by atoms with Gasteiger partial charge in [0.1, 0.15) is 11.9 Å². The molecule has 0 aromatic carbocycles. The molecule has 0 fully saturated rings. The maximum Gasteiger partial charge on any atom is 0.143 e. The van der Waals surface area contributed by atoms with E-state index in [4.69, 9.17) is 5.26 Å². The summed E-state index contributed by atoms with van der Waals surface area (Å²) in [5.74, 6) is 6.37. The number of pyridine rings is 1. The maximum absolute atomic E-state index is 8.76. The molecule has 0 amide bonds. The molecule has 0 saturated carbocycles. The molecule has 1 N–H and O–H groups in total. The van der Waals surface area contributed by atoms with E-state index in [2.05, 4.69) is 28.2 Å². The lowest BCUT2D eigenvalue weighted by Crippen LogP contribution is -2.03. The van der Waals surface area contributed by atoms with Gasteiger partial charge < -0.3 is 5.32 Å². The standard InChI is InChI=1S/C11H11N3/c1-2-3-4-7-13-11-10(9-12)6-5-8-14-11/h5-6,8H,4,7H2,1H3,(H,13,14). The summed E-state index contributed by atoms with van der Waals surface area (Å²) in [7, 11) is 0. The fourth-order valence-corrected chi connectivity index (χ4v) is 1.00. The van der Waals surface area contributed by atoms with Crippen LogP contribution in [0.2, 0.25) is 0 Å². The second kappa shape index (κ2) is 5.61. The second-order valence-electron chi connectivity index (χ2n) is 2.61. The van der Waals surface area contributed by atoms with Crippen molar-refractivity contribution in [2.45, 2.75) is 13.3 Å². The van der Waals surface area contributed by atoms with Crippen LogP contribution in [0, 0.1) is 23.2 Å². The highest BCUT2D eigenvalue weighted by Gasteiger charge is 1.99. The maximum atomic E-state index is 8.76. The van der Waals surface area contributed by atoms with Crippen molar-refractivity contribution in [3.8, 4) is 17.9 Å². The molecule has 0 unspecified atom stereocenters. The van der Waals surface area contributed by atoms with E-state index in [1.165, 1.54) is 0 Å². The van der Waals surface area contributed by atoms with Crippen LogP contribution in [0.1, 0.15) is 18.9 Å². The van der Waals surface area contributed by atoms with Crippen molar-refractivity contribution in [2.24, 2.45) is 0 Å². The molecule has 0 aliphatic rings. The van der Waals surface area contributed by atoms with Crippen LogP contribution in [-0.2, 0) is 0 Å². The van der Waals surface area contributed by atoms with Gasteiger partial charge in [-0.2, -0.15) is 5.26 Å². The molecule has 1 aromatic rings. The van der Waals surface area contributed by atoms with Crippen LogP contribution in [-0.4, -0.2) is 11.5 Å².